The van der Waals surface area contributed by atoms with E-state index in [-0.39, 0.29) is 17.3 Å². The van der Waals surface area contributed by atoms with E-state index in [0.29, 0.717) is 49.6 Å². The average molecular weight is 390 g/mol. The van der Waals surface area contributed by atoms with Crippen molar-refractivity contribution in [1.29, 1.82) is 0 Å². The molecule has 8 nitrogen and oxygen atoms in total. The number of carbonyl (C=O) groups excluding carboxylic acids is 1. The molecule has 1 saturated heterocycles. The molecule has 27 heavy (non-hydrogen) atoms. The minimum atomic E-state index is -0.336. The minimum absolute atomic E-state index is 0.0963. The largest absolute Gasteiger partial charge is 0.485 e. The zero-order valence-corrected chi connectivity index (χ0v) is 16.1. The summed E-state index contributed by atoms with van der Waals surface area (Å²) in [5.74, 6) is 2.20. The molecule has 0 spiro atoms. The van der Waals surface area contributed by atoms with Crippen LogP contribution in [-0.4, -0.2) is 63.7 Å². The number of hydrogen-bond donors (Lipinski definition) is 0. The molecule has 1 aromatic carbocycles. The summed E-state index contributed by atoms with van der Waals surface area (Å²) in [7, 11) is 1.88. The van der Waals surface area contributed by atoms with Gasteiger partial charge in [0.2, 0.25) is 5.91 Å². The number of nitrogens with zero attached hydrogens (tertiary/aromatic N) is 4. The van der Waals surface area contributed by atoms with Crippen LogP contribution in [0.3, 0.4) is 0 Å². The van der Waals surface area contributed by atoms with Crippen LogP contribution in [0.5, 0.6) is 11.5 Å². The third-order valence-electron chi connectivity index (χ3n) is 4.62. The first-order valence-electron chi connectivity index (χ1n) is 8.94. The van der Waals surface area contributed by atoms with Crippen molar-refractivity contribution < 1.29 is 19.0 Å². The van der Waals surface area contributed by atoms with Crippen LogP contribution < -0.4 is 9.47 Å². The van der Waals surface area contributed by atoms with E-state index in [2.05, 4.69) is 10.2 Å². The molecule has 0 radical (unpaired) electrons. The SMILES string of the molecule is C[C@H](Sc1nnc([C@@H]2COc3ccccc3O2)n1C)C(=O)N1CCOCC1. The number of rotatable bonds is 4. The normalized spacial score (nSPS) is 20.4. The average Bonchev–Trinajstić information content (AvgIpc) is 3.08. The molecule has 1 amide bonds. The molecule has 2 aliphatic heterocycles. The predicted molar refractivity (Wildman–Crippen MR) is 99.0 cm³/mol. The number of para-hydroxylation sites is 2. The van der Waals surface area contributed by atoms with Gasteiger partial charge >= 0.3 is 0 Å². The van der Waals surface area contributed by atoms with E-state index in [0.717, 1.165) is 5.75 Å². The lowest BCUT2D eigenvalue weighted by Crippen LogP contribution is -2.44. The van der Waals surface area contributed by atoms with E-state index < -0.39 is 0 Å². The maximum Gasteiger partial charge on any atom is 0.236 e. The molecule has 0 bridgehead atoms. The lowest BCUT2D eigenvalue weighted by Gasteiger charge is -2.29. The van der Waals surface area contributed by atoms with Crippen molar-refractivity contribution in [2.24, 2.45) is 7.05 Å². The number of hydrogen-bond acceptors (Lipinski definition) is 7. The van der Waals surface area contributed by atoms with Gasteiger partial charge in [-0.05, 0) is 19.1 Å². The first-order chi connectivity index (χ1) is 13.1. The maximum absolute atomic E-state index is 12.6. The summed E-state index contributed by atoms with van der Waals surface area (Å²) in [5, 5.41) is 8.97. The van der Waals surface area contributed by atoms with Crippen molar-refractivity contribution in [3.63, 3.8) is 0 Å². The first kappa shape index (κ1) is 18.1. The number of benzene rings is 1. The molecule has 4 rings (SSSR count). The third kappa shape index (κ3) is 3.74. The van der Waals surface area contributed by atoms with Crippen molar-refractivity contribution in [2.45, 2.75) is 23.4 Å². The monoisotopic (exact) mass is 390 g/mol. The summed E-state index contributed by atoms with van der Waals surface area (Å²) in [5.41, 5.74) is 0. The highest BCUT2D eigenvalue weighted by molar-refractivity contribution is 8.00. The van der Waals surface area contributed by atoms with Crippen molar-refractivity contribution in [2.75, 3.05) is 32.9 Å². The van der Waals surface area contributed by atoms with Crippen molar-refractivity contribution >= 4 is 17.7 Å². The highest BCUT2D eigenvalue weighted by Gasteiger charge is 2.29. The Kier molecular flexibility index (Phi) is 5.22. The van der Waals surface area contributed by atoms with Crippen LogP contribution in [0.4, 0.5) is 0 Å². The van der Waals surface area contributed by atoms with Gasteiger partial charge in [0, 0.05) is 20.1 Å². The van der Waals surface area contributed by atoms with Gasteiger partial charge in [-0.3, -0.25) is 4.79 Å². The molecule has 0 saturated carbocycles. The second kappa shape index (κ2) is 7.77. The fourth-order valence-electron chi connectivity index (χ4n) is 3.11. The zero-order chi connectivity index (χ0) is 18.8. The fraction of sp³-hybridized carbons (Fsp3) is 0.500. The summed E-state index contributed by atoms with van der Waals surface area (Å²) in [6.07, 6.45) is -0.336. The Hall–Kier alpha value is -2.26. The smallest absolute Gasteiger partial charge is 0.236 e. The minimum Gasteiger partial charge on any atom is -0.485 e. The maximum atomic E-state index is 12.6. The Balaban J connectivity index is 1.44. The number of morpholine rings is 1. The van der Waals surface area contributed by atoms with Crippen molar-refractivity contribution in [1.82, 2.24) is 19.7 Å². The number of ether oxygens (including phenoxy) is 3. The van der Waals surface area contributed by atoms with E-state index >= 15 is 0 Å². The predicted octanol–water partition coefficient (Wildman–Crippen LogP) is 1.67. The highest BCUT2D eigenvalue weighted by atomic mass is 32.2. The van der Waals surface area contributed by atoms with Crippen LogP contribution in [0.2, 0.25) is 0 Å². The Morgan fingerprint density at radius 1 is 1.22 bits per heavy atom. The van der Waals surface area contributed by atoms with Gasteiger partial charge in [0.05, 0.1) is 18.5 Å². The lowest BCUT2D eigenvalue weighted by molar-refractivity contribution is -0.134. The summed E-state index contributed by atoms with van der Waals surface area (Å²) in [6, 6.07) is 7.56. The van der Waals surface area contributed by atoms with Crippen LogP contribution >= 0.6 is 11.8 Å². The van der Waals surface area contributed by atoms with Gasteiger partial charge in [0.15, 0.2) is 28.6 Å². The molecule has 1 aromatic heterocycles. The van der Waals surface area contributed by atoms with E-state index in [9.17, 15) is 4.79 Å². The van der Waals surface area contributed by atoms with Gasteiger partial charge < -0.3 is 23.7 Å². The molecule has 2 aromatic rings. The Labute approximate surface area is 161 Å². The standard InChI is InChI=1S/C18H22N4O4S/c1-12(17(23)22-7-9-24-10-8-22)27-18-20-19-16(21(18)2)15-11-25-13-5-3-4-6-14(13)26-15/h3-6,12,15H,7-11H2,1-2H3/t12-,15-/m0/s1. The summed E-state index contributed by atoms with van der Waals surface area (Å²) in [4.78, 5) is 14.4. The van der Waals surface area contributed by atoms with Gasteiger partial charge in [-0.1, -0.05) is 23.9 Å². The fourth-order valence-corrected chi connectivity index (χ4v) is 4.01. The summed E-state index contributed by atoms with van der Waals surface area (Å²) >= 11 is 1.40. The lowest BCUT2D eigenvalue weighted by atomic mass is 10.2. The molecule has 0 aliphatic carbocycles. The van der Waals surface area contributed by atoms with E-state index in [1.54, 1.807) is 0 Å². The third-order valence-corrected chi connectivity index (χ3v) is 5.74. The number of carbonyl (C=O) groups is 1. The molecular weight excluding hydrogens is 368 g/mol. The van der Waals surface area contributed by atoms with Gasteiger partial charge in [-0.2, -0.15) is 0 Å². The van der Waals surface area contributed by atoms with Gasteiger partial charge in [0.1, 0.15) is 6.61 Å². The first-order valence-corrected chi connectivity index (χ1v) is 9.82. The number of aromatic nitrogens is 3. The van der Waals surface area contributed by atoms with Gasteiger partial charge in [-0.25, -0.2) is 0 Å². The van der Waals surface area contributed by atoms with E-state index in [1.807, 2.05) is 47.7 Å². The number of thioether (sulfide) groups is 1. The number of fused-ring (bicyclic) bond motifs is 1. The van der Waals surface area contributed by atoms with Crippen molar-refractivity contribution in [3.05, 3.63) is 30.1 Å². The van der Waals surface area contributed by atoms with Crippen LogP contribution in [0.25, 0.3) is 0 Å². The molecular formula is C18H22N4O4S. The molecule has 2 aliphatic rings. The van der Waals surface area contributed by atoms with Crippen LogP contribution in [-0.2, 0) is 16.6 Å². The molecule has 0 unspecified atom stereocenters. The summed E-state index contributed by atoms with van der Waals surface area (Å²) in [6.45, 7) is 4.74. The number of amides is 1. The Morgan fingerprint density at radius 3 is 2.74 bits per heavy atom. The van der Waals surface area contributed by atoms with Crippen LogP contribution in [0.15, 0.2) is 29.4 Å². The highest BCUT2D eigenvalue weighted by Crippen LogP contribution is 2.36. The van der Waals surface area contributed by atoms with E-state index in [1.165, 1.54) is 11.8 Å². The summed E-state index contributed by atoms with van der Waals surface area (Å²) < 4.78 is 19.0. The van der Waals surface area contributed by atoms with E-state index in [4.69, 9.17) is 14.2 Å². The van der Waals surface area contributed by atoms with Crippen molar-refractivity contribution in [3.8, 4) is 11.5 Å². The quantitative estimate of drug-likeness (QED) is 0.735. The molecule has 3 heterocycles. The molecule has 2 atom stereocenters. The molecule has 9 heteroatoms. The second-order valence-corrected chi connectivity index (χ2v) is 7.77. The zero-order valence-electron chi connectivity index (χ0n) is 15.3. The molecule has 0 N–H and O–H groups in total. The van der Waals surface area contributed by atoms with Gasteiger partial charge in [-0.15, -0.1) is 10.2 Å². The second-order valence-electron chi connectivity index (χ2n) is 6.46. The topological polar surface area (TPSA) is 78.7 Å². The molecule has 1 fully saturated rings. The Bertz CT molecular complexity index is 821. The van der Waals surface area contributed by atoms with Crippen LogP contribution in [0, 0.1) is 0 Å². The van der Waals surface area contributed by atoms with Crippen LogP contribution in [0.1, 0.15) is 18.9 Å². The van der Waals surface area contributed by atoms with Gasteiger partial charge in [0.25, 0.3) is 0 Å². The Morgan fingerprint density at radius 2 is 1.96 bits per heavy atom. The molecule has 144 valence electrons.